The number of hydrogen-bond acceptors (Lipinski definition) is 3. The summed E-state index contributed by atoms with van der Waals surface area (Å²) in [6.07, 6.45) is 12.0. The van der Waals surface area contributed by atoms with Crippen molar-refractivity contribution < 1.29 is 14.7 Å². The molecule has 0 aromatic rings. The summed E-state index contributed by atoms with van der Waals surface area (Å²) in [5, 5.41) is 10.7. The second kappa shape index (κ2) is 9.51. The number of allylic oxidation sites excluding steroid dienone is 1. The van der Waals surface area contributed by atoms with Crippen LogP contribution in [0.2, 0.25) is 0 Å². The molecule has 0 radical (unpaired) electrons. The summed E-state index contributed by atoms with van der Waals surface area (Å²) in [7, 11) is 1.59. The first kappa shape index (κ1) is 20.2. The Balaban J connectivity index is 2.11. The van der Waals surface area contributed by atoms with Gasteiger partial charge in [0, 0.05) is 13.0 Å². The lowest BCUT2D eigenvalue weighted by Gasteiger charge is -2.33. The molecule has 4 heteroatoms. The molecule has 1 aliphatic carbocycles. The first-order chi connectivity index (χ1) is 12.0. The lowest BCUT2D eigenvalue weighted by atomic mass is 9.70. The van der Waals surface area contributed by atoms with E-state index in [0.29, 0.717) is 12.8 Å². The fraction of sp³-hybridized carbons (Fsp3) is 0.810. The molecule has 1 N–H and O–H groups in total. The molecule has 1 heterocycles. The van der Waals surface area contributed by atoms with Gasteiger partial charge in [-0.25, -0.2) is 0 Å². The molecule has 0 aromatic carbocycles. The summed E-state index contributed by atoms with van der Waals surface area (Å²) < 4.78 is 0. The van der Waals surface area contributed by atoms with Crippen molar-refractivity contribution in [2.75, 3.05) is 7.05 Å². The monoisotopic (exact) mass is 349 g/mol. The van der Waals surface area contributed by atoms with Gasteiger partial charge in [-0.2, -0.15) is 0 Å². The van der Waals surface area contributed by atoms with Gasteiger partial charge >= 0.3 is 0 Å². The average molecular weight is 350 g/mol. The Hall–Kier alpha value is -1.16. The van der Waals surface area contributed by atoms with Crippen LogP contribution in [0, 0.1) is 17.8 Å². The summed E-state index contributed by atoms with van der Waals surface area (Å²) in [5.74, 6) is -0.961. The summed E-state index contributed by atoms with van der Waals surface area (Å²) in [4.78, 5) is 26.3. The van der Waals surface area contributed by atoms with Crippen LogP contribution in [-0.2, 0) is 9.59 Å². The Morgan fingerprint density at radius 1 is 1.08 bits per heavy atom. The van der Waals surface area contributed by atoms with Crippen molar-refractivity contribution in [1.29, 1.82) is 0 Å². The third-order valence-electron chi connectivity index (χ3n) is 5.92. The second-order valence-corrected chi connectivity index (χ2v) is 7.85. The van der Waals surface area contributed by atoms with Crippen LogP contribution in [0.3, 0.4) is 0 Å². The number of unbranched alkanes of at least 4 members (excludes halogenated alkanes) is 5. The maximum Gasteiger partial charge on any atom is 0.233 e. The molecule has 0 bridgehead atoms. The molecule has 0 aromatic heterocycles. The standard InChI is InChI=1S/C21H35NO3/c1-4-6-8-10-11-15-13-16(18(23)12-9-7-5-2)19-17(14-15)20(24)22(3)21(19)25/h13,16-19,23H,4-12,14H2,1-3H3/t16-,17-,18-,19+/m1/s1. The predicted molar refractivity (Wildman–Crippen MR) is 99.9 cm³/mol. The van der Waals surface area contributed by atoms with Gasteiger partial charge in [-0.05, 0) is 25.7 Å². The highest BCUT2D eigenvalue weighted by Crippen LogP contribution is 2.43. The molecule has 1 saturated heterocycles. The van der Waals surface area contributed by atoms with Crippen molar-refractivity contribution in [3.8, 4) is 0 Å². The Labute approximate surface area is 152 Å². The van der Waals surface area contributed by atoms with E-state index >= 15 is 0 Å². The molecule has 0 unspecified atom stereocenters. The van der Waals surface area contributed by atoms with Gasteiger partial charge < -0.3 is 5.11 Å². The van der Waals surface area contributed by atoms with E-state index in [1.165, 1.54) is 29.7 Å². The lowest BCUT2D eigenvalue weighted by Crippen LogP contribution is -2.37. The fourth-order valence-corrected chi connectivity index (χ4v) is 4.39. The van der Waals surface area contributed by atoms with Crippen LogP contribution in [0.5, 0.6) is 0 Å². The molecule has 25 heavy (non-hydrogen) atoms. The fourth-order valence-electron chi connectivity index (χ4n) is 4.39. The summed E-state index contributed by atoms with van der Waals surface area (Å²) >= 11 is 0. The van der Waals surface area contributed by atoms with Crippen LogP contribution in [0.25, 0.3) is 0 Å². The molecule has 0 spiro atoms. The average Bonchev–Trinajstić information content (AvgIpc) is 2.83. The van der Waals surface area contributed by atoms with Gasteiger partial charge in [0.25, 0.3) is 0 Å². The van der Waals surface area contributed by atoms with Gasteiger partial charge in [-0.3, -0.25) is 14.5 Å². The number of amides is 2. The summed E-state index contributed by atoms with van der Waals surface area (Å²) in [6, 6.07) is 0. The third kappa shape index (κ3) is 4.72. The lowest BCUT2D eigenvalue weighted by molar-refractivity contribution is -0.138. The number of rotatable bonds is 10. The van der Waals surface area contributed by atoms with E-state index in [0.717, 1.165) is 32.1 Å². The molecular formula is C21H35NO3. The van der Waals surface area contributed by atoms with E-state index < -0.39 is 6.10 Å². The van der Waals surface area contributed by atoms with Gasteiger partial charge in [0.05, 0.1) is 17.9 Å². The maximum atomic E-state index is 12.6. The van der Waals surface area contributed by atoms with Crippen molar-refractivity contribution in [1.82, 2.24) is 4.90 Å². The zero-order valence-corrected chi connectivity index (χ0v) is 16.2. The van der Waals surface area contributed by atoms with Gasteiger partial charge in [-0.1, -0.05) is 64.0 Å². The molecule has 1 aliphatic heterocycles. The van der Waals surface area contributed by atoms with Crippen LogP contribution < -0.4 is 0 Å². The SMILES string of the molecule is CCCCCCC1=C[C@H]([C@H](O)CCCCC)[C@@H]2C(=O)N(C)C(=O)[C@@H]2C1. The molecule has 2 rings (SSSR count). The smallest absolute Gasteiger partial charge is 0.233 e. The number of fused-ring (bicyclic) bond motifs is 1. The van der Waals surface area contributed by atoms with E-state index in [9.17, 15) is 14.7 Å². The number of carbonyl (C=O) groups excluding carboxylic acids is 2. The third-order valence-corrected chi connectivity index (χ3v) is 5.92. The van der Waals surface area contributed by atoms with Crippen LogP contribution in [0.4, 0.5) is 0 Å². The van der Waals surface area contributed by atoms with Crippen LogP contribution >= 0.6 is 0 Å². The van der Waals surface area contributed by atoms with Gasteiger partial charge in [0.1, 0.15) is 0 Å². The van der Waals surface area contributed by atoms with E-state index in [2.05, 4.69) is 19.9 Å². The zero-order chi connectivity index (χ0) is 18.4. The molecular weight excluding hydrogens is 314 g/mol. The minimum atomic E-state index is -0.520. The van der Waals surface area contributed by atoms with Gasteiger partial charge in [0.15, 0.2) is 0 Å². The quantitative estimate of drug-likeness (QED) is 0.367. The Morgan fingerprint density at radius 2 is 1.76 bits per heavy atom. The largest absolute Gasteiger partial charge is 0.392 e. The maximum absolute atomic E-state index is 12.6. The zero-order valence-electron chi connectivity index (χ0n) is 16.2. The molecule has 2 aliphatic rings. The van der Waals surface area contributed by atoms with Crippen LogP contribution in [0.1, 0.15) is 78.1 Å². The van der Waals surface area contributed by atoms with E-state index in [1.54, 1.807) is 7.05 Å². The van der Waals surface area contributed by atoms with Gasteiger partial charge in [0.2, 0.25) is 11.8 Å². The van der Waals surface area contributed by atoms with E-state index in [1.807, 2.05) is 0 Å². The van der Waals surface area contributed by atoms with E-state index in [-0.39, 0.29) is 29.6 Å². The normalized spacial score (nSPS) is 27.4. The highest BCUT2D eigenvalue weighted by Gasteiger charge is 2.52. The molecule has 0 saturated carbocycles. The predicted octanol–water partition coefficient (Wildman–Crippen LogP) is 4.08. The van der Waals surface area contributed by atoms with Gasteiger partial charge in [-0.15, -0.1) is 0 Å². The topological polar surface area (TPSA) is 57.6 Å². The molecule has 142 valence electrons. The number of nitrogens with zero attached hydrogens (tertiary/aromatic N) is 1. The Bertz CT molecular complexity index is 499. The minimum Gasteiger partial charge on any atom is -0.392 e. The second-order valence-electron chi connectivity index (χ2n) is 7.85. The highest BCUT2D eigenvalue weighted by atomic mass is 16.3. The number of aliphatic hydroxyl groups excluding tert-OH is 1. The summed E-state index contributed by atoms with van der Waals surface area (Å²) in [6.45, 7) is 4.34. The van der Waals surface area contributed by atoms with Crippen LogP contribution in [-0.4, -0.2) is 35.0 Å². The van der Waals surface area contributed by atoms with Crippen molar-refractivity contribution in [3.63, 3.8) is 0 Å². The number of likely N-dealkylation sites (tertiary alicyclic amines) is 1. The molecule has 1 fully saturated rings. The number of carbonyl (C=O) groups is 2. The first-order valence-corrected chi connectivity index (χ1v) is 10.2. The Morgan fingerprint density at radius 3 is 2.44 bits per heavy atom. The number of aliphatic hydroxyl groups is 1. The van der Waals surface area contributed by atoms with Crippen LogP contribution in [0.15, 0.2) is 11.6 Å². The minimum absolute atomic E-state index is 0.0556. The number of hydrogen-bond donors (Lipinski definition) is 1. The molecule has 4 nitrogen and oxygen atoms in total. The first-order valence-electron chi connectivity index (χ1n) is 10.2. The van der Waals surface area contributed by atoms with Crippen molar-refractivity contribution in [3.05, 3.63) is 11.6 Å². The van der Waals surface area contributed by atoms with Crippen molar-refractivity contribution in [2.45, 2.75) is 84.2 Å². The Kier molecular flexibility index (Phi) is 7.67. The van der Waals surface area contributed by atoms with Crippen molar-refractivity contribution in [2.24, 2.45) is 17.8 Å². The summed E-state index contributed by atoms with van der Waals surface area (Å²) in [5.41, 5.74) is 1.27. The van der Waals surface area contributed by atoms with Crippen molar-refractivity contribution >= 4 is 11.8 Å². The molecule has 2 amide bonds. The number of imide groups is 1. The molecule has 4 atom stereocenters. The van der Waals surface area contributed by atoms with E-state index in [4.69, 9.17) is 0 Å². The highest BCUT2D eigenvalue weighted by molar-refractivity contribution is 6.05.